The Bertz CT molecular complexity index is 601. The summed E-state index contributed by atoms with van der Waals surface area (Å²) in [5.74, 6) is -6.13. The van der Waals surface area contributed by atoms with E-state index in [0.29, 0.717) is 6.07 Å². The minimum absolute atomic E-state index is 0.226. The summed E-state index contributed by atoms with van der Waals surface area (Å²) >= 11 is 0. The van der Waals surface area contributed by atoms with E-state index >= 15 is 0 Å². The van der Waals surface area contributed by atoms with Crippen molar-refractivity contribution < 1.29 is 26.4 Å². The van der Waals surface area contributed by atoms with Crippen molar-refractivity contribution in [1.82, 2.24) is 0 Å². The van der Waals surface area contributed by atoms with Gasteiger partial charge < -0.3 is 5.73 Å². The van der Waals surface area contributed by atoms with E-state index in [1.54, 1.807) is 0 Å². The Hall–Kier alpha value is -1.41. The molecular formula is C11H12F3NO3S. The maximum absolute atomic E-state index is 13.3. The second-order valence-electron chi connectivity index (χ2n) is 4.11. The molecule has 106 valence electrons. The van der Waals surface area contributed by atoms with Crippen molar-refractivity contribution in [3.63, 3.8) is 0 Å². The van der Waals surface area contributed by atoms with Crippen molar-refractivity contribution in [2.45, 2.75) is 12.5 Å². The average Bonchev–Trinajstić information content (AvgIpc) is 2.31. The van der Waals surface area contributed by atoms with Crippen LogP contribution in [0.1, 0.15) is 16.8 Å². The SMILES string of the molecule is CS(=O)(=O)CCC(N)C(=O)c1ccc(F)c(F)c1F. The maximum atomic E-state index is 13.3. The zero-order valence-corrected chi connectivity index (χ0v) is 10.8. The Morgan fingerprint density at radius 3 is 2.37 bits per heavy atom. The number of rotatable bonds is 5. The summed E-state index contributed by atoms with van der Waals surface area (Å²) in [6.45, 7) is 0. The highest BCUT2D eigenvalue weighted by Gasteiger charge is 2.23. The first kappa shape index (κ1) is 15.6. The quantitative estimate of drug-likeness (QED) is 0.650. The lowest BCUT2D eigenvalue weighted by Crippen LogP contribution is -2.33. The maximum Gasteiger partial charge on any atom is 0.195 e. The Morgan fingerprint density at radius 1 is 1.26 bits per heavy atom. The van der Waals surface area contributed by atoms with Gasteiger partial charge in [0, 0.05) is 6.26 Å². The number of ketones is 1. The van der Waals surface area contributed by atoms with Crippen LogP contribution in [0.3, 0.4) is 0 Å². The second kappa shape index (κ2) is 5.70. The average molecular weight is 295 g/mol. The van der Waals surface area contributed by atoms with Gasteiger partial charge in [0.2, 0.25) is 0 Å². The molecule has 0 aromatic heterocycles. The molecule has 1 unspecified atom stereocenters. The number of carbonyl (C=O) groups is 1. The van der Waals surface area contributed by atoms with E-state index in [9.17, 15) is 26.4 Å². The smallest absolute Gasteiger partial charge is 0.195 e. The van der Waals surface area contributed by atoms with Crippen molar-refractivity contribution in [1.29, 1.82) is 0 Å². The van der Waals surface area contributed by atoms with Crippen LogP contribution in [0, 0.1) is 17.5 Å². The van der Waals surface area contributed by atoms with Gasteiger partial charge in [-0.05, 0) is 18.6 Å². The Labute approximate surface area is 108 Å². The minimum Gasteiger partial charge on any atom is -0.321 e. The van der Waals surface area contributed by atoms with Gasteiger partial charge in [0.1, 0.15) is 9.84 Å². The highest BCUT2D eigenvalue weighted by molar-refractivity contribution is 7.90. The predicted octanol–water partition coefficient (Wildman–Crippen LogP) is 1.05. The third kappa shape index (κ3) is 4.03. The van der Waals surface area contributed by atoms with Gasteiger partial charge >= 0.3 is 0 Å². The van der Waals surface area contributed by atoms with Crippen molar-refractivity contribution >= 4 is 15.6 Å². The summed E-state index contributed by atoms with van der Waals surface area (Å²) in [6.07, 6.45) is 0.735. The molecule has 4 nitrogen and oxygen atoms in total. The summed E-state index contributed by atoms with van der Waals surface area (Å²) < 4.78 is 60.8. The Balaban J connectivity index is 2.92. The zero-order chi connectivity index (χ0) is 14.8. The Kier molecular flexibility index (Phi) is 4.70. The number of nitrogens with two attached hydrogens (primary N) is 1. The summed E-state index contributed by atoms with van der Waals surface area (Å²) in [5.41, 5.74) is 4.72. The number of hydrogen-bond acceptors (Lipinski definition) is 4. The molecule has 0 fully saturated rings. The minimum atomic E-state index is -3.32. The van der Waals surface area contributed by atoms with Crippen LogP contribution in [0.2, 0.25) is 0 Å². The molecule has 1 rings (SSSR count). The molecule has 1 aromatic carbocycles. The van der Waals surface area contributed by atoms with Crippen molar-refractivity contribution in [3.05, 3.63) is 35.1 Å². The fourth-order valence-corrected chi connectivity index (χ4v) is 2.07. The molecule has 2 N–H and O–H groups in total. The fourth-order valence-electron chi connectivity index (χ4n) is 1.39. The highest BCUT2D eigenvalue weighted by Crippen LogP contribution is 2.17. The van der Waals surface area contributed by atoms with Crippen LogP contribution in [-0.4, -0.2) is 32.3 Å². The van der Waals surface area contributed by atoms with Gasteiger partial charge in [-0.2, -0.15) is 0 Å². The molecule has 0 aliphatic heterocycles. The third-order valence-electron chi connectivity index (χ3n) is 2.44. The first-order valence-corrected chi connectivity index (χ1v) is 7.30. The lowest BCUT2D eigenvalue weighted by atomic mass is 10.0. The standard InChI is InChI=1S/C11H12F3NO3S/c1-19(17,18)5-4-8(15)11(16)6-2-3-7(12)10(14)9(6)13/h2-3,8H,4-5,15H2,1H3. The van der Waals surface area contributed by atoms with Crippen molar-refractivity contribution in [2.75, 3.05) is 12.0 Å². The lowest BCUT2D eigenvalue weighted by Gasteiger charge is -2.11. The van der Waals surface area contributed by atoms with Gasteiger partial charge in [0.05, 0.1) is 17.4 Å². The zero-order valence-electron chi connectivity index (χ0n) is 9.99. The van der Waals surface area contributed by atoms with E-state index in [4.69, 9.17) is 5.73 Å². The molecule has 8 heteroatoms. The molecule has 0 heterocycles. The van der Waals surface area contributed by atoms with Gasteiger partial charge in [-0.15, -0.1) is 0 Å². The summed E-state index contributed by atoms with van der Waals surface area (Å²) in [4.78, 5) is 11.7. The van der Waals surface area contributed by atoms with Crippen molar-refractivity contribution in [3.8, 4) is 0 Å². The summed E-state index contributed by atoms with van der Waals surface area (Å²) in [5, 5.41) is 0. The van der Waals surface area contributed by atoms with Crippen LogP contribution in [0.5, 0.6) is 0 Å². The number of carbonyl (C=O) groups excluding carboxylic acids is 1. The fraction of sp³-hybridized carbons (Fsp3) is 0.364. The van der Waals surface area contributed by atoms with Crippen LogP contribution in [0.4, 0.5) is 13.2 Å². The molecule has 0 saturated heterocycles. The molecule has 1 atom stereocenters. The molecule has 0 saturated carbocycles. The monoisotopic (exact) mass is 295 g/mol. The molecule has 0 spiro atoms. The molecule has 0 radical (unpaired) electrons. The van der Waals surface area contributed by atoms with E-state index < -0.39 is 44.7 Å². The van der Waals surface area contributed by atoms with Gasteiger partial charge in [-0.3, -0.25) is 4.79 Å². The van der Waals surface area contributed by atoms with E-state index in [-0.39, 0.29) is 12.2 Å². The molecule has 0 bridgehead atoms. The Morgan fingerprint density at radius 2 is 1.84 bits per heavy atom. The number of hydrogen-bond donors (Lipinski definition) is 1. The molecule has 0 aliphatic rings. The van der Waals surface area contributed by atoms with Crippen LogP contribution in [-0.2, 0) is 9.84 Å². The van der Waals surface area contributed by atoms with Gasteiger partial charge in [0.15, 0.2) is 23.2 Å². The van der Waals surface area contributed by atoms with Crippen LogP contribution in [0.25, 0.3) is 0 Å². The van der Waals surface area contributed by atoms with Gasteiger partial charge in [-0.1, -0.05) is 0 Å². The highest BCUT2D eigenvalue weighted by atomic mass is 32.2. The largest absolute Gasteiger partial charge is 0.321 e. The number of Topliss-reactive ketones (excluding diaryl/α,β-unsaturated/α-hetero) is 1. The van der Waals surface area contributed by atoms with Gasteiger partial charge in [0.25, 0.3) is 0 Å². The van der Waals surface area contributed by atoms with Crippen LogP contribution >= 0.6 is 0 Å². The molecule has 0 amide bonds. The lowest BCUT2D eigenvalue weighted by molar-refractivity contribution is 0.0954. The predicted molar refractivity (Wildman–Crippen MR) is 62.9 cm³/mol. The normalized spacial score (nSPS) is 13.3. The van der Waals surface area contributed by atoms with Crippen LogP contribution < -0.4 is 5.73 Å². The number of sulfone groups is 1. The first-order chi connectivity index (χ1) is 8.63. The number of benzene rings is 1. The van der Waals surface area contributed by atoms with E-state index in [0.717, 1.165) is 12.3 Å². The summed E-state index contributed by atoms with van der Waals surface area (Å²) in [7, 11) is -3.32. The van der Waals surface area contributed by atoms with Crippen molar-refractivity contribution in [2.24, 2.45) is 5.73 Å². The van der Waals surface area contributed by atoms with E-state index in [2.05, 4.69) is 0 Å². The second-order valence-corrected chi connectivity index (χ2v) is 6.37. The first-order valence-electron chi connectivity index (χ1n) is 5.24. The topological polar surface area (TPSA) is 77.2 Å². The molecule has 1 aromatic rings. The number of halogens is 3. The molecule has 0 aliphatic carbocycles. The third-order valence-corrected chi connectivity index (χ3v) is 3.41. The van der Waals surface area contributed by atoms with Gasteiger partial charge in [-0.25, -0.2) is 21.6 Å². The molecular weight excluding hydrogens is 283 g/mol. The van der Waals surface area contributed by atoms with E-state index in [1.807, 2.05) is 0 Å². The van der Waals surface area contributed by atoms with E-state index in [1.165, 1.54) is 0 Å². The molecule has 19 heavy (non-hydrogen) atoms. The summed E-state index contributed by atoms with van der Waals surface area (Å²) in [6, 6.07) is 0.0831. The van der Waals surface area contributed by atoms with Crippen LogP contribution in [0.15, 0.2) is 12.1 Å².